The number of hydrogen-bond donors (Lipinski definition) is 3. The number of nitrogens with zero attached hydrogens (tertiary/aromatic N) is 5. The Labute approximate surface area is 323 Å². The number of hydrogen-bond acceptors (Lipinski definition) is 8. The Bertz CT molecular complexity index is 2210. The van der Waals surface area contributed by atoms with Gasteiger partial charge < -0.3 is 26.0 Å². The summed E-state index contributed by atoms with van der Waals surface area (Å²) in [6.45, 7) is 12.2. The van der Waals surface area contributed by atoms with Crippen molar-refractivity contribution in [2.45, 2.75) is 90.8 Å². The summed E-state index contributed by atoms with van der Waals surface area (Å²) in [5.41, 5.74) is 15.8. The summed E-state index contributed by atoms with van der Waals surface area (Å²) in [4.78, 5) is 36.6. The summed E-state index contributed by atoms with van der Waals surface area (Å²) in [7, 11) is 0. The molecule has 2 aromatic heterocycles. The van der Waals surface area contributed by atoms with Crippen LogP contribution >= 0.6 is 0 Å². The molecule has 5 aromatic rings. The van der Waals surface area contributed by atoms with Crippen molar-refractivity contribution in [3.05, 3.63) is 112 Å². The summed E-state index contributed by atoms with van der Waals surface area (Å²) >= 11 is 0. The van der Waals surface area contributed by atoms with Crippen molar-refractivity contribution < 1.29 is 14.3 Å². The van der Waals surface area contributed by atoms with Crippen LogP contribution in [0.3, 0.4) is 0 Å². The van der Waals surface area contributed by atoms with E-state index in [0.29, 0.717) is 62.5 Å². The lowest BCUT2D eigenvalue weighted by atomic mass is 9.97. The van der Waals surface area contributed by atoms with Gasteiger partial charge >= 0.3 is 0 Å². The van der Waals surface area contributed by atoms with Crippen LogP contribution in [0.1, 0.15) is 81.8 Å². The third kappa shape index (κ3) is 7.74. The van der Waals surface area contributed by atoms with E-state index in [9.17, 15) is 9.59 Å². The first-order valence-electron chi connectivity index (χ1n) is 19.8. The highest BCUT2D eigenvalue weighted by molar-refractivity contribution is 5.99. The molecule has 0 saturated carbocycles. The number of carbonyl (C=O) groups excluding carboxylic acids is 2. The Morgan fingerprint density at radius 3 is 2.55 bits per heavy atom. The molecule has 8 rings (SSSR count). The molecular formula is C44H52N8O3. The maximum Gasteiger partial charge on any atom is 0.254 e. The van der Waals surface area contributed by atoms with E-state index in [1.54, 1.807) is 24.3 Å². The second kappa shape index (κ2) is 15.9. The molecule has 3 aromatic carbocycles. The molecule has 11 heteroatoms. The summed E-state index contributed by atoms with van der Waals surface area (Å²) in [5.74, 6) is -0.757. The third-order valence-electron chi connectivity index (χ3n) is 11.7. The molecule has 2 bridgehead atoms. The van der Waals surface area contributed by atoms with E-state index in [2.05, 4.69) is 78.8 Å². The monoisotopic (exact) mass is 740 g/mol. The number of aromatic nitrogens is 3. The number of primary amides is 1. The van der Waals surface area contributed by atoms with Gasteiger partial charge in [0.2, 0.25) is 5.91 Å². The van der Waals surface area contributed by atoms with Crippen molar-refractivity contribution in [3.63, 3.8) is 0 Å². The van der Waals surface area contributed by atoms with Crippen LogP contribution in [0.15, 0.2) is 72.9 Å². The largest absolute Gasteiger partial charge is 0.381 e. The normalized spacial score (nSPS) is 18.6. The van der Waals surface area contributed by atoms with Gasteiger partial charge in [-0.3, -0.25) is 14.5 Å². The zero-order valence-corrected chi connectivity index (χ0v) is 32.2. The fourth-order valence-corrected chi connectivity index (χ4v) is 8.61. The second-order valence-electron chi connectivity index (χ2n) is 15.4. The minimum absolute atomic E-state index is 0.187. The molecule has 55 heavy (non-hydrogen) atoms. The molecule has 3 fully saturated rings. The molecule has 3 aliphatic heterocycles. The van der Waals surface area contributed by atoms with Crippen LogP contribution in [0, 0.1) is 6.92 Å². The molecule has 3 saturated heterocycles. The highest BCUT2D eigenvalue weighted by Gasteiger charge is 2.37. The minimum Gasteiger partial charge on any atom is -0.381 e. The van der Waals surface area contributed by atoms with Crippen LogP contribution < -0.4 is 16.4 Å². The lowest BCUT2D eigenvalue weighted by molar-refractivity contribution is 0.0729. The molecule has 4 N–H and O–H groups in total. The van der Waals surface area contributed by atoms with Gasteiger partial charge in [-0.1, -0.05) is 43.3 Å². The third-order valence-corrected chi connectivity index (χ3v) is 11.7. The van der Waals surface area contributed by atoms with E-state index in [-0.39, 0.29) is 11.9 Å². The van der Waals surface area contributed by atoms with Gasteiger partial charge in [0.05, 0.1) is 23.8 Å². The zero-order valence-electron chi connectivity index (χ0n) is 32.2. The Balaban J connectivity index is 1.17. The van der Waals surface area contributed by atoms with Gasteiger partial charge in [-0.15, -0.1) is 0 Å². The molecule has 2 amide bonds. The Morgan fingerprint density at radius 1 is 1.00 bits per heavy atom. The molecule has 0 spiro atoms. The number of benzene rings is 3. The molecule has 0 aliphatic carbocycles. The fraction of sp³-hybridized carbons (Fsp3) is 0.409. The number of anilines is 1. The second-order valence-corrected chi connectivity index (χ2v) is 15.4. The quantitative estimate of drug-likeness (QED) is 0.133. The number of nitrogens with two attached hydrogens (primary N) is 1. The standard InChI is InChI=1S/C44H52N8O3/c1-4-40-39(41(48-35-14-16-55-17-15-35)38-23-47-52(5-2)43(38)49-40)27-51(44(54)33-11-7-10-32(20-33)42(45)53)25-34-19-31(13-12-28(34)3)30-9-6-8-29(18-30)24-50-26-36-21-37(50)22-46-36/h6-13,18-20,23,35-37,46H,4-5,14-17,21-22,24-27H2,1-3H3,(H2,45,53)(H,48,49)/t36-,37?/m0/s1. The van der Waals surface area contributed by atoms with Gasteiger partial charge in [0, 0.05) is 86.4 Å². The van der Waals surface area contributed by atoms with E-state index in [4.69, 9.17) is 20.6 Å². The smallest absolute Gasteiger partial charge is 0.254 e. The Morgan fingerprint density at radius 2 is 1.80 bits per heavy atom. The van der Waals surface area contributed by atoms with Crippen molar-refractivity contribution in [3.8, 4) is 11.1 Å². The number of rotatable bonds is 13. The number of pyridine rings is 1. The van der Waals surface area contributed by atoms with Gasteiger partial charge in [-0.05, 0) is 97.7 Å². The topological polar surface area (TPSA) is 131 Å². The number of likely N-dealkylation sites (tertiary alicyclic amines) is 1. The predicted octanol–water partition coefficient (Wildman–Crippen LogP) is 6.07. The van der Waals surface area contributed by atoms with E-state index in [1.807, 2.05) is 15.8 Å². The first-order chi connectivity index (χ1) is 26.8. The highest BCUT2D eigenvalue weighted by Crippen LogP contribution is 2.34. The fourth-order valence-electron chi connectivity index (χ4n) is 8.61. The number of fused-ring (bicyclic) bond motifs is 3. The minimum atomic E-state index is -0.570. The first kappa shape index (κ1) is 36.9. The van der Waals surface area contributed by atoms with E-state index in [1.165, 1.54) is 12.0 Å². The molecule has 286 valence electrons. The lowest BCUT2D eigenvalue weighted by Gasteiger charge is -2.30. The summed E-state index contributed by atoms with van der Waals surface area (Å²) in [6.07, 6.45) is 5.59. The number of nitrogens with one attached hydrogen (secondary N) is 2. The molecular weight excluding hydrogens is 689 g/mol. The maximum absolute atomic E-state index is 14.8. The first-order valence-corrected chi connectivity index (χ1v) is 19.8. The average molecular weight is 741 g/mol. The number of carbonyl (C=O) groups is 2. The lowest BCUT2D eigenvalue weighted by Crippen LogP contribution is -2.42. The van der Waals surface area contributed by atoms with E-state index in [0.717, 1.165) is 82.7 Å². The number of ether oxygens (including phenoxy) is 1. The van der Waals surface area contributed by atoms with Gasteiger partial charge in [-0.25, -0.2) is 9.67 Å². The van der Waals surface area contributed by atoms with Gasteiger partial charge in [-0.2, -0.15) is 5.10 Å². The van der Waals surface area contributed by atoms with Crippen LogP contribution in [0.4, 0.5) is 5.69 Å². The van der Waals surface area contributed by atoms with Gasteiger partial charge in [0.25, 0.3) is 5.91 Å². The van der Waals surface area contributed by atoms with Gasteiger partial charge in [0.15, 0.2) is 5.65 Å². The van der Waals surface area contributed by atoms with Crippen LogP contribution in [-0.2, 0) is 37.3 Å². The summed E-state index contributed by atoms with van der Waals surface area (Å²) in [5, 5.41) is 13.1. The van der Waals surface area contributed by atoms with Crippen molar-refractivity contribution >= 4 is 28.5 Å². The molecule has 5 heterocycles. The maximum atomic E-state index is 14.8. The van der Waals surface area contributed by atoms with Crippen molar-refractivity contribution in [1.29, 1.82) is 0 Å². The summed E-state index contributed by atoms with van der Waals surface area (Å²) in [6, 6.07) is 23.6. The molecule has 0 radical (unpaired) electrons. The Kier molecular flexibility index (Phi) is 10.7. The molecule has 3 aliphatic rings. The van der Waals surface area contributed by atoms with Crippen molar-refractivity contribution in [1.82, 2.24) is 29.9 Å². The molecule has 2 atom stereocenters. The van der Waals surface area contributed by atoms with Gasteiger partial charge in [0.1, 0.15) is 0 Å². The van der Waals surface area contributed by atoms with Crippen LogP contribution in [0.25, 0.3) is 22.2 Å². The predicted molar refractivity (Wildman–Crippen MR) is 216 cm³/mol. The number of piperazine rings is 1. The van der Waals surface area contributed by atoms with Crippen LogP contribution in [0.2, 0.25) is 0 Å². The molecule has 11 nitrogen and oxygen atoms in total. The SMILES string of the molecule is CCc1nc2c(cnn2CC)c(NC2CCOCC2)c1CN(Cc1cc(-c2cccc(CN3C[C@@H]4CC3CN4)c2)ccc1C)C(=O)c1cccc(C(N)=O)c1. The average Bonchev–Trinajstić information content (AvgIpc) is 3.95. The zero-order chi connectivity index (χ0) is 38.1. The van der Waals surface area contributed by atoms with Crippen molar-refractivity contribution in [2.24, 2.45) is 5.73 Å². The summed E-state index contributed by atoms with van der Waals surface area (Å²) < 4.78 is 7.63. The van der Waals surface area contributed by atoms with Crippen LogP contribution in [-0.4, -0.2) is 80.8 Å². The van der Waals surface area contributed by atoms with Crippen molar-refractivity contribution in [2.75, 3.05) is 31.6 Å². The molecule has 1 unspecified atom stereocenters. The van der Waals surface area contributed by atoms with E-state index >= 15 is 0 Å². The number of aryl methyl sites for hydroxylation is 3. The van der Waals surface area contributed by atoms with Crippen LogP contribution in [0.5, 0.6) is 0 Å². The number of amides is 2. The Hall–Kier alpha value is -5.10. The highest BCUT2D eigenvalue weighted by atomic mass is 16.5. The van der Waals surface area contributed by atoms with E-state index < -0.39 is 5.91 Å².